The fourth-order valence-corrected chi connectivity index (χ4v) is 6.25. The third-order valence-electron chi connectivity index (χ3n) is 8.55. The normalized spacial score (nSPS) is 14.7. The average molecular weight is 559 g/mol. The minimum atomic E-state index is -0.0845. The van der Waals surface area contributed by atoms with Gasteiger partial charge >= 0.3 is 0 Å². The molecule has 7 heteroatoms. The van der Waals surface area contributed by atoms with Gasteiger partial charge in [0.1, 0.15) is 5.82 Å². The van der Waals surface area contributed by atoms with Gasteiger partial charge in [-0.2, -0.15) is 0 Å². The van der Waals surface area contributed by atoms with Gasteiger partial charge in [0.05, 0.1) is 34.0 Å². The number of aryl methyl sites for hydroxylation is 4. The van der Waals surface area contributed by atoms with Gasteiger partial charge in [-0.25, -0.2) is 4.98 Å². The lowest BCUT2D eigenvalue weighted by molar-refractivity contribution is 0.0949. The number of carbonyl (C=O) groups excluding carboxylic acids is 1. The number of para-hydroxylation sites is 2. The lowest BCUT2D eigenvalue weighted by Gasteiger charge is -2.35. The van der Waals surface area contributed by atoms with Crippen molar-refractivity contribution in [3.05, 3.63) is 124 Å². The lowest BCUT2D eigenvalue weighted by Crippen LogP contribution is -2.33. The zero-order chi connectivity index (χ0) is 29.1. The van der Waals surface area contributed by atoms with E-state index in [1.54, 1.807) is 6.20 Å². The van der Waals surface area contributed by atoms with Crippen LogP contribution in [0.25, 0.3) is 11.0 Å². The predicted octanol–water partition coefficient (Wildman–Crippen LogP) is 6.03. The molecule has 3 aromatic heterocycles. The molecule has 1 aliphatic rings. The number of benzene rings is 2. The summed E-state index contributed by atoms with van der Waals surface area (Å²) >= 11 is 0. The zero-order valence-electron chi connectivity index (χ0n) is 24.7. The van der Waals surface area contributed by atoms with Gasteiger partial charge in [-0.1, -0.05) is 42.5 Å². The van der Waals surface area contributed by atoms with Crippen LogP contribution in [0.15, 0.2) is 79.1 Å². The van der Waals surface area contributed by atoms with Crippen LogP contribution < -0.4 is 5.32 Å². The van der Waals surface area contributed by atoms with E-state index < -0.39 is 0 Å². The van der Waals surface area contributed by atoms with Crippen molar-refractivity contribution in [1.29, 1.82) is 0 Å². The number of rotatable bonds is 9. The molecule has 214 valence electrons. The highest BCUT2D eigenvalue weighted by Crippen LogP contribution is 2.34. The Morgan fingerprint density at radius 3 is 2.60 bits per heavy atom. The Balaban J connectivity index is 1.18. The van der Waals surface area contributed by atoms with E-state index in [2.05, 4.69) is 81.4 Å². The van der Waals surface area contributed by atoms with Crippen LogP contribution in [-0.2, 0) is 33.0 Å². The number of hydrogen-bond acceptors (Lipinski definition) is 5. The molecule has 42 heavy (non-hydrogen) atoms. The van der Waals surface area contributed by atoms with Crippen LogP contribution in [0.4, 0.5) is 0 Å². The Bertz CT molecular complexity index is 1690. The maximum atomic E-state index is 12.8. The molecule has 0 aliphatic heterocycles. The maximum Gasteiger partial charge on any atom is 0.253 e. The summed E-state index contributed by atoms with van der Waals surface area (Å²) in [6.45, 7) is 6.01. The summed E-state index contributed by atoms with van der Waals surface area (Å²) in [6.07, 6.45) is 7.89. The SMILES string of the molecule is Cc1ccnc(C)c1C(=O)NCc1ccc(CN(CCc2nc3ccccc3n2C)C2CCCc3cccnc32)cc1. The second-order valence-electron chi connectivity index (χ2n) is 11.3. The van der Waals surface area contributed by atoms with Crippen LogP contribution in [0, 0.1) is 13.8 Å². The van der Waals surface area contributed by atoms with Gasteiger partial charge in [-0.05, 0) is 79.6 Å². The molecule has 5 aromatic rings. The van der Waals surface area contributed by atoms with Crippen molar-refractivity contribution in [2.45, 2.75) is 58.7 Å². The molecule has 0 saturated heterocycles. The number of pyridine rings is 2. The van der Waals surface area contributed by atoms with E-state index in [0.29, 0.717) is 12.1 Å². The van der Waals surface area contributed by atoms with Crippen molar-refractivity contribution in [3.8, 4) is 0 Å². The fourth-order valence-electron chi connectivity index (χ4n) is 6.25. The molecule has 1 amide bonds. The van der Waals surface area contributed by atoms with Crippen molar-refractivity contribution in [1.82, 2.24) is 29.7 Å². The van der Waals surface area contributed by atoms with Gasteiger partial charge < -0.3 is 9.88 Å². The second kappa shape index (κ2) is 12.2. The molecule has 0 saturated carbocycles. The molecule has 0 bridgehead atoms. The van der Waals surface area contributed by atoms with Gasteiger partial charge in [-0.3, -0.25) is 19.7 Å². The summed E-state index contributed by atoms with van der Waals surface area (Å²) in [7, 11) is 2.11. The summed E-state index contributed by atoms with van der Waals surface area (Å²) in [4.78, 5) is 29.5. The monoisotopic (exact) mass is 558 g/mol. The van der Waals surface area contributed by atoms with Gasteiger partial charge in [0.2, 0.25) is 0 Å². The molecule has 0 spiro atoms. The van der Waals surface area contributed by atoms with Crippen molar-refractivity contribution in [3.63, 3.8) is 0 Å². The Morgan fingerprint density at radius 1 is 0.976 bits per heavy atom. The molecule has 1 unspecified atom stereocenters. The lowest BCUT2D eigenvalue weighted by atomic mass is 9.90. The highest BCUT2D eigenvalue weighted by Gasteiger charge is 2.27. The molecule has 6 rings (SSSR count). The van der Waals surface area contributed by atoms with Crippen LogP contribution >= 0.6 is 0 Å². The molecule has 1 atom stereocenters. The van der Waals surface area contributed by atoms with E-state index in [1.165, 1.54) is 28.8 Å². The van der Waals surface area contributed by atoms with E-state index in [9.17, 15) is 4.79 Å². The van der Waals surface area contributed by atoms with Crippen LogP contribution in [0.5, 0.6) is 0 Å². The van der Waals surface area contributed by atoms with E-state index >= 15 is 0 Å². The first-order valence-corrected chi connectivity index (χ1v) is 14.8. The highest BCUT2D eigenvalue weighted by molar-refractivity contribution is 5.96. The third kappa shape index (κ3) is 5.83. The molecule has 0 radical (unpaired) electrons. The van der Waals surface area contributed by atoms with E-state index in [1.807, 2.05) is 32.2 Å². The Labute approximate surface area is 247 Å². The number of imidazole rings is 1. The van der Waals surface area contributed by atoms with Crippen molar-refractivity contribution < 1.29 is 4.79 Å². The van der Waals surface area contributed by atoms with Crippen LogP contribution in [0.1, 0.15) is 68.7 Å². The largest absolute Gasteiger partial charge is 0.348 e. The van der Waals surface area contributed by atoms with E-state index in [-0.39, 0.29) is 11.9 Å². The topological polar surface area (TPSA) is 75.9 Å². The van der Waals surface area contributed by atoms with Gasteiger partial charge in [-0.15, -0.1) is 0 Å². The zero-order valence-corrected chi connectivity index (χ0v) is 24.7. The minimum Gasteiger partial charge on any atom is -0.348 e. The fraction of sp³-hybridized carbons (Fsp3) is 0.314. The minimum absolute atomic E-state index is 0.0845. The molecule has 7 nitrogen and oxygen atoms in total. The Hall–Kier alpha value is -4.36. The van der Waals surface area contributed by atoms with Crippen molar-refractivity contribution in [2.24, 2.45) is 7.05 Å². The first kappa shape index (κ1) is 27.8. The first-order valence-electron chi connectivity index (χ1n) is 14.8. The number of fused-ring (bicyclic) bond motifs is 2. The molecular formula is C35H38N6O. The second-order valence-corrected chi connectivity index (χ2v) is 11.3. The van der Waals surface area contributed by atoms with Crippen LogP contribution in [-0.4, -0.2) is 36.9 Å². The molecule has 3 heterocycles. The number of amides is 1. The summed E-state index contributed by atoms with van der Waals surface area (Å²) in [5.74, 6) is 1.02. The molecule has 0 fully saturated rings. The summed E-state index contributed by atoms with van der Waals surface area (Å²) < 4.78 is 2.22. The van der Waals surface area contributed by atoms with Crippen LogP contribution in [0.3, 0.4) is 0 Å². The summed E-state index contributed by atoms with van der Waals surface area (Å²) in [6, 6.07) is 23.4. The number of carbonyl (C=O) groups is 1. The molecular weight excluding hydrogens is 520 g/mol. The number of nitrogens with zero attached hydrogens (tertiary/aromatic N) is 5. The average Bonchev–Trinajstić information content (AvgIpc) is 3.33. The van der Waals surface area contributed by atoms with Gasteiger partial charge in [0, 0.05) is 45.5 Å². The third-order valence-corrected chi connectivity index (χ3v) is 8.55. The number of aromatic nitrogens is 4. The molecule has 2 aromatic carbocycles. The first-order chi connectivity index (χ1) is 20.5. The summed E-state index contributed by atoms with van der Waals surface area (Å²) in [5.41, 5.74) is 9.46. The van der Waals surface area contributed by atoms with Crippen molar-refractivity contribution in [2.75, 3.05) is 6.54 Å². The van der Waals surface area contributed by atoms with Gasteiger partial charge in [0.15, 0.2) is 0 Å². The number of nitrogens with one attached hydrogen (secondary N) is 1. The highest BCUT2D eigenvalue weighted by atomic mass is 16.1. The summed E-state index contributed by atoms with van der Waals surface area (Å²) in [5, 5.41) is 3.07. The predicted molar refractivity (Wildman–Crippen MR) is 166 cm³/mol. The Kier molecular flexibility index (Phi) is 8.11. The smallest absolute Gasteiger partial charge is 0.253 e. The standard InChI is InChI=1S/C35H38N6O/c1-24-17-20-36-25(2)33(24)35(42)38-22-26-13-15-27(16-14-26)23-41(31-12-6-8-28-9-7-19-37-34(28)31)21-18-32-39-29-10-4-5-11-30(29)40(32)3/h4-5,7,9-11,13-17,19-20,31H,6,8,12,18,21-23H2,1-3H3,(H,38,42). The molecule has 1 aliphatic carbocycles. The quantitative estimate of drug-likeness (QED) is 0.239. The van der Waals surface area contributed by atoms with Crippen LogP contribution in [0.2, 0.25) is 0 Å². The maximum absolute atomic E-state index is 12.8. The van der Waals surface area contributed by atoms with Gasteiger partial charge in [0.25, 0.3) is 5.91 Å². The van der Waals surface area contributed by atoms with Crippen molar-refractivity contribution >= 4 is 16.9 Å². The van der Waals surface area contributed by atoms with E-state index in [4.69, 9.17) is 9.97 Å². The molecule has 1 N–H and O–H groups in total. The number of hydrogen-bond donors (Lipinski definition) is 1. The Morgan fingerprint density at radius 2 is 1.79 bits per heavy atom. The van der Waals surface area contributed by atoms with E-state index in [0.717, 1.165) is 60.5 Å².